The number of rotatable bonds is 8. The molecule has 28 heavy (non-hydrogen) atoms. The first kappa shape index (κ1) is 21.2. The van der Waals surface area contributed by atoms with Crippen molar-refractivity contribution >= 4 is 35.1 Å². The van der Waals surface area contributed by atoms with E-state index in [0.717, 1.165) is 0 Å². The minimum absolute atomic E-state index is 0.329. The van der Waals surface area contributed by atoms with E-state index in [4.69, 9.17) is 21.1 Å². The topological polar surface area (TPSA) is 93.7 Å². The standard InChI is InChI=1S/C19H18ClFN2O5/c1-12(28-16-8-2-13(20)3-9-16)19(26)27-11-18(25)22-10-17(24)23-15-6-4-14(21)5-7-15/h2-9,12H,10-11H2,1H3,(H,22,25)(H,23,24)/t12-/m1/s1. The summed E-state index contributed by atoms with van der Waals surface area (Å²) in [6.07, 6.45) is -0.934. The SMILES string of the molecule is C[C@@H](Oc1ccc(Cl)cc1)C(=O)OCC(=O)NCC(=O)Nc1ccc(F)cc1. The maximum atomic E-state index is 12.8. The number of benzene rings is 2. The van der Waals surface area contributed by atoms with E-state index >= 15 is 0 Å². The summed E-state index contributed by atoms with van der Waals surface area (Å²) in [5.41, 5.74) is 0.389. The molecular formula is C19H18ClFN2O5. The average Bonchev–Trinajstić information content (AvgIpc) is 2.68. The first-order valence-corrected chi connectivity index (χ1v) is 8.62. The Morgan fingerprint density at radius 3 is 2.32 bits per heavy atom. The lowest BCUT2D eigenvalue weighted by molar-refractivity contribution is -0.154. The summed E-state index contributed by atoms with van der Waals surface area (Å²) in [5, 5.41) is 5.32. The molecule has 148 valence electrons. The normalized spacial score (nSPS) is 11.2. The third-order valence-electron chi connectivity index (χ3n) is 3.38. The minimum Gasteiger partial charge on any atom is -0.479 e. The quantitative estimate of drug-likeness (QED) is 0.655. The molecule has 9 heteroatoms. The number of hydrogen-bond acceptors (Lipinski definition) is 5. The zero-order valence-electron chi connectivity index (χ0n) is 14.9. The van der Waals surface area contributed by atoms with Crippen LogP contribution in [0.2, 0.25) is 5.02 Å². The third-order valence-corrected chi connectivity index (χ3v) is 3.63. The van der Waals surface area contributed by atoms with Crippen molar-refractivity contribution in [2.75, 3.05) is 18.5 Å². The van der Waals surface area contributed by atoms with Crippen LogP contribution in [0.4, 0.5) is 10.1 Å². The molecule has 1 atom stereocenters. The van der Waals surface area contributed by atoms with Gasteiger partial charge in [-0.25, -0.2) is 9.18 Å². The minimum atomic E-state index is -0.934. The van der Waals surface area contributed by atoms with Gasteiger partial charge in [-0.15, -0.1) is 0 Å². The highest BCUT2D eigenvalue weighted by Gasteiger charge is 2.18. The predicted octanol–water partition coefficient (Wildman–Crippen LogP) is 2.54. The summed E-state index contributed by atoms with van der Waals surface area (Å²) >= 11 is 5.76. The van der Waals surface area contributed by atoms with Gasteiger partial charge in [0.05, 0.1) is 6.54 Å². The van der Waals surface area contributed by atoms with Gasteiger partial charge in [-0.1, -0.05) is 11.6 Å². The maximum absolute atomic E-state index is 12.8. The molecule has 0 radical (unpaired) electrons. The van der Waals surface area contributed by atoms with Crippen molar-refractivity contribution < 1.29 is 28.2 Å². The number of ether oxygens (including phenoxy) is 2. The lowest BCUT2D eigenvalue weighted by Crippen LogP contribution is -2.37. The van der Waals surface area contributed by atoms with Gasteiger partial charge in [-0.3, -0.25) is 9.59 Å². The number of halogens is 2. The number of nitrogens with one attached hydrogen (secondary N) is 2. The Hall–Kier alpha value is -3.13. The fraction of sp³-hybridized carbons (Fsp3) is 0.211. The van der Waals surface area contributed by atoms with Crippen molar-refractivity contribution in [1.29, 1.82) is 0 Å². The summed E-state index contributed by atoms with van der Waals surface area (Å²) in [6, 6.07) is 11.6. The van der Waals surface area contributed by atoms with Crippen LogP contribution < -0.4 is 15.4 Å². The molecule has 2 aromatic carbocycles. The highest BCUT2D eigenvalue weighted by molar-refractivity contribution is 6.30. The van der Waals surface area contributed by atoms with Gasteiger partial charge in [0.15, 0.2) is 12.7 Å². The van der Waals surface area contributed by atoms with Gasteiger partial charge in [0.25, 0.3) is 5.91 Å². The first-order valence-electron chi connectivity index (χ1n) is 8.24. The van der Waals surface area contributed by atoms with Gasteiger partial charge < -0.3 is 20.1 Å². The van der Waals surface area contributed by atoms with Crippen molar-refractivity contribution in [1.82, 2.24) is 5.32 Å². The van der Waals surface area contributed by atoms with Crippen LogP contribution in [0.25, 0.3) is 0 Å². The van der Waals surface area contributed by atoms with Crippen LogP contribution in [0.3, 0.4) is 0 Å². The molecule has 0 heterocycles. The van der Waals surface area contributed by atoms with Gasteiger partial charge in [0.1, 0.15) is 11.6 Å². The van der Waals surface area contributed by atoms with Crippen LogP contribution in [-0.4, -0.2) is 37.0 Å². The summed E-state index contributed by atoms with van der Waals surface area (Å²) in [5.74, 6) is -1.90. The van der Waals surface area contributed by atoms with Crippen molar-refractivity contribution in [3.8, 4) is 5.75 Å². The molecule has 0 aliphatic rings. The summed E-state index contributed by atoms with van der Waals surface area (Å²) in [6.45, 7) is 0.590. The smallest absolute Gasteiger partial charge is 0.347 e. The summed E-state index contributed by atoms with van der Waals surface area (Å²) in [7, 11) is 0. The van der Waals surface area contributed by atoms with Crippen LogP contribution in [0.15, 0.2) is 48.5 Å². The number of hydrogen-bond donors (Lipinski definition) is 2. The monoisotopic (exact) mass is 408 g/mol. The first-order chi connectivity index (χ1) is 13.3. The molecule has 0 aliphatic carbocycles. The molecule has 0 saturated carbocycles. The van der Waals surface area contributed by atoms with Crippen LogP contribution in [0.5, 0.6) is 5.75 Å². The van der Waals surface area contributed by atoms with Crippen LogP contribution >= 0.6 is 11.6 Å². The Balaban J connectivity index is 1.67. The molecule has 0 bridgehead atoms. The Morgan fingerprint density at radius 1 is 1.04 bits per heavy atom. The molecule has 2 amide bonds. The molecule has 0 unspecified atom stereocenters. The van der Waals surface area contributed by atoms with Crippen molar-refractivity contribution in [3.63, 3.8) is 0 Å². The molecule has 0 aromatic heterocycles. The Morgan fingerprint density at radius 2 is 1.68 bits per heavy atom. The van der Waals surface area contributed by atoms with E-state index < -0.39 is 36.3 Å². The number of anilines is 1. The van der Waals surface area contributed by atoms with E-state index in [9.17, 15) is 18.8 Å². The van der Waals surface area contributed by atoms with Crippen molar-refractivity contribution in [2.45, 2.75) is 13.0 Å². The number of carbonyl (C=O) groups is 3. The molecular weight excluding hydrogens is 391 g/mol. The van der Waals surface area contributed by atoms with Gasteiger partial charge in [-0.05, 0) is 55.5 Å². The average molecular weight is 409 g/mol. The van der Waals surface area contributed by atoms with E-state index in [-0.39, 0.29) is 6.54 Å². The Labute approximate surface area is 165 Å². The lowest BCUT2D eigenvalue weighted by Gasteiger charge is -2.14. The van der Waals surface area contributed by atoms with Crippen LogP contribution in [0, 0.1) is 5.82 Å². The maximum Gasteiger partial charge on any atom is 0.347 e. The number of amides is 2. The van der Waals surface area contributed by atoms with E-state index in [1.165, 1.54) is 31.2 Å². The zero-order valence-corrected chi connectivity index (χ0v) is 15.7. The molecule has 0 saturated heterocycles. The molecule has 2 N–H and O–H groups in total. The highest BCUT2D eigenvalue weighted by atomic mass is 35.5. The van der Waals surface area contributed by atoms with E-state index in [0.29, 0.717) is 16.5 Å². The molecule has 0 aliphatic heterocycles. The second-order valence-electron chi connectivity index (χ2n) is 5.65. The second-order valence-corrected chi connectivity index (χ2v) is 6.09. The van der Waals surface area contributed by atoms with Gasteiger partial charge >= 0.3 is 5.97 Å². The molecule has 7 nitrogen and oxygen atoms in total. The molecule has 0 fully saturated rings. The lowest BCUT2D eigenvalue weighted by atomic mass is 10.3. The predicted molar refractivity (Wildman–Crippen MR) is 101 cm³/mol. The third kappa shape index (κ3) is 7.24. The van der Waals surface area contributed by atoms with Crippen molar-refractivity contribution in [3.05, 3.63) is 59.4 Å². The highest BCUT2D eigenvalue weighted by Crippen LogP contribution is 2.17. The van der Waals surface area contributed by atoms with Gasteiger partial charge in [-0.2, -0.15) is 0 Å². The zero-order chi connectivity index (χ0) is 20.5. The van der Waals surface area contributed by atoms with Crippen molar-refractivity contribution in [2.24, 2.45) is 0 Å². The van der Waals surface area contributed by atoms with E-state index in [1.54, 1.807) is 24.3 Å². The van der Waals surface area contributed by atoms with Gasteiger partial charge in [0.2, 0.25) is 5.91 Å². The fourth-order valence-corrected chi connectivity index (χ4v) is 2.11. The van der Waals surface area contributed by atoms with E-state index in [2.05, 4.69) is 10.6 Å². The molecule has 0 spiro atoms. The van der Waals surface area contributed by atoms with Crippen LogP contribution in [0.1, 0.15) is 6.92 Å². The Kier molecular flexibility index (Phi) is 7.76. The second kappa shape index (κ2) is 10.3. The summed E-state index contributed by atoms with van der Waals surface area (Å²) < 4.78 is 23.0. The molecule has 2 rings (SSSR count). The summed E-state index contributed by atoms with van der Waals surface area (Å²) in [4.78, 5) is 35.3. The fourth-order valence-electron chi connectivity index (χ4n) is 1.99. The van der Waals surface area contributed by atoms with Crippen LogP contribution in [-0.2, 0) is 19.1 Å². The van der Waals surface area contributed by atoms with E-state index in [1.807, 2.05) is 0 Å². The Bertz CT molecular complexity index is 827. The number of esters is 1. The molecule has 2 aromatic rings. The number of carbonyl (C=O) groups excluding carboxylic acids is 3. The van der Waals surface area contributed by atoms with Gasteiger partial charge in [0, 0.05) is 10.7 Å². The largest absolute Gasteiger partial charge is 0.479 e.